The normalized spacial score (nSPS) is 16.7. The third-order valence-electron chi connectivity index (χ3n) is 4.07. The second-order valence-corrected chi connectivity index (χ2v) is 5.86. The fraction of sp³-hybridized carbons (Fsp3) is 0.412. The summed E-state index contributed by atoms with van der Waals surface area (Å²) >= 11 is 0. The highest BCUT2D eigenvalue weighted by atomic mass is 19.4. The highest BCUT2D eigenvalue weighted by Crippen LogP contribution is 2.30. The molecule has 1 saturated heterocycles. The van der Waals surface area contributed by atoms with E-state index in [1.54, 1.807) is 12.3 Å². The van der Waals surface area contributed by atoms with E-state index < -0.39 is 11.7 Å². The van der Waals surface area contributed by atoms with E-state index in [-0.39, 0.29) is 0 Å². The number of piperazine rings is 1. The van der Waals surface area contributed by atoms with Crippen molar-refractivity contribution < 1.29 is 17.7 Å². The molecule has 0 unspecified atom stereocenters. The van der Waals surface area contributed by atoms with Crippen molar-refractivity contribution in [3.8, 4) is 11.3 Å². The van der Waals surface area contributed by atoms with Crippen LogP contribution in [0.15, 0.2) is 40.0 Å². The van der Waals surface area contributed by atoms with E-state index in [0.717, 1.165) is 38.3 Å². The quantitative estimate of drug-likeness (QED) is 0.791. The van der Waals surface area contributed by atoms with E-state index in [9.17, 15) is 13.2 Å². The number of alkyl halides is 3. The van der Waals surface area contributed by atoms with E-state index in [4.69, 9.17) is 4.52 Å². The number of hydrogen-bond acceptors (Lipinski definition) is 5. The van der Waals surface area contributed by atoms with Crippen molar-refractivity contribution in [2.75, 3.05) is 26.2 Å². The summed E-state index contributed by atoms with van der Waals surface area (Å²) in [4.78, 5) is 2.23. The molecular weight excluding hydrogens is 333 g/mol. The van der Waals surface area contributed by atoms with E-state index >= 15 is 0 Å². The average molecular weight is 352 g/mol. The van der Waals surface area contributed by atoms with Gasteiger partial charge in [-0.25, -0.2) is 0 Å². The Hall–Kier alpha value is -2.35. The molecule has 5 nitrogen and oxygen atoms in total. The van der Waals surface area contributed by atoms with Crippen LogP contribution in [0.1, 0.15) is 18.2 Å². The van der Waals surface area contributed by atoms with Gasteiger partial charge >= 0.3 is 6.18 Å². The molecule has 8 heteroatoms. The SMILES string of the molecule is C/C=N/N1CCN(Cc2cc(-c3ccc(C(F)(F)F)cc3)no2)CC1. The zero-order chi connectivity index (χ0) is 17.9. The zero-order valence-corrected chi connectivity index (χ0v) is 13.8. The minimum absolute atomic E-state index is 0.540. The molecule has 0 bridgehead atoms. The van der Waals surface area contributed by atoms with Gasteiger partial charge in [0.25, 0.3) is 0 Å². The monoisotopic (exact) mass is 352 g/mol. The summed E-state index contributed by atoms with van der Waals surface area (Å²) in [5.74, 6) is 0.697. The smallest absolute Gasteiger partial charge is 0.359 e. The predicted octanol–water partition coefficient (Wildman–Crippen LogP) is 3.48. The van der Waals surface area contributed by atoms with Gasteiger partial charge in [-0.15, -0.1) is 0 Å². The number of halogens is 3. The summed E-state index contributed by atoms with van der Waals surface area (Å²) in [5, 5.41) is 10.2. The molecule has 0 amide bonds. The third-order valence-corrected chi connectivity index (χ3v) is 4.07. The number of hydrogen-bond donors (Lipinski definition) is 0. The second-order valence-electron chi connectivity index (χ2n) is 5.86. The molecule has 3 rings (SSSR count). The first-order valence-electron chi connectivity index (χ1n) is 8.05. The Labute approximate surface area is 143 Å². The minimum Gasteiger partial charge on any atom is -0.359 e. The van der Waals surface area contributed by atoms with Gasteiger partial charge in [-0.2, -0.15) is 18.3 Å². The maximum absolute atomic E-state index is 12.6. The summed E-state index contributed by atoms with van der Waals surface area (Å²) in [6.45, 7) is 5.96. The Balaban J connectivity index is 1.61. The fourth-order valence-corrected chi connectivity index (χ4v) is 2.75. The van der Waals surface area contributed by atoms with Crippen LogP contribution < -0.4 is 0 Å². The molecule has 2 heterocycles. The molecule has 0 atom stereocenters. The molecule has 1 aliphatic rings. The first kappa shape index (κ1) is 17.5. The molecule has 1 aromatic carbocycles. The lowest BCUT2D eigenvalue weighted by Gasteiger charge is -2.32. The van der Waals surface area contributed by atoms with Gasteiger partial charge in [-0.3, -0.25) is 9.91 Å². The minimum atomic E-state index is -4.34. The van der Waals surface area contributed by atoms with Crippen LogP contribution in [0.3, 0.4) is 0 Å². The van der Waals surface area contributed by atoms with Crippen LogP contribution in [0.5, 0.6) is 0 Å². The van der Waals surface area contributed by atoms with Crippen molar-refractivity contribution in [2.24, 2.45) is 5.10 Å². The van der Waals surface area contributed by atoms with Gasteiger partial charge in [0.05, 0.1) is 12.1 Å². The van der Waals surface area contributed by atoms with E-state index in [1.165, 1.54) is 12.1 Å². The van der Waals surface area contributed by atoms with Gasteiger partial charge in [-0.05, 0) is 19.1 Å². The standard InChI is InChI=1S/C17H19F3N4O/c1-2-21-24-9-7-23(8-10-24)12-15-11-16(22-25-15)13-3-5-14(6-4-13)17(18,19)20/h2-6,11H,7-10,12H2,1H3/b21-2+. The third kappa shape index (κ3) is 4.39. The lowest BCUT2D eigenvalue weighted by Crippen LogP contribution is -2.43. The van der Waals surface area contributed by atoms with Gasteiger partial charge in [-0.1, -0.05) is 17.3 Å². The number of nitrogens with zero attached hydrogens (tertiary/aromatic N) is 4. The molecule has 1 fully saturated rings. The summed E-state index contributed by atoms with van der Waals surface area (Å²) in [6, 6.07) is 6.70. The van der Waals surface area contributed by atoms with Crippen LogP contribution >= 0.6 is 0 Å². The van der Waals surface area contributed by atoms with Crippen LogP contribution in [0.2, 0.25) is 0 Å². The predicted molar refractivity (Wildman–Crippen MR) is 88.0 cm³/mol. The van der Waals surface area contributed by atoms with Gasteiger partial charge in [0.2, 0.25) is 0 Å². The fourth-order valence-electron chi connectivity index (χ4n) is 2.75. The summed E-state index contributed by atoms with van der Waals surface area (Å²) in [6.07, 6.45) is -2.56. The van der Waals surface area contributed by atoms with Crippen LogP contribution in [-0.4, -0.2) is 47.5 Å². The number of benzene rings is 1. The largest absolute Gasteiger partial charge is 0.416 e. The molecule has 0 N–H and O–H groups in total. The molecule has 2 aromatic rings. The zero-order valence-electron chi connectivity index (χ0n) is 13.8. The van der Waals surface area contributed by atoms with Crippen LogP contribution in [0, 0.1) is 0 Å². The Kier molecular flexibility index (Phi) is 5.08. The van der Waals surface area contributed by atoms with Gasteiger partial charge in [0.15, 0.2) is 5.76 Å². The van der Waals surface area contributed by atoms with Gasteiger partial charge in [0, 0.05) is 44.0 Å². The summed E-state index contributed by atoms with van der Waals surface area (Å²) < 4.78 is 43.2. The highest BCUT2D eigenvalue weighted by molar-refractivity contribution is 5.59. The Bertz CT molecular complexity index is 716. The molecular formula is C17H19F3N4O. The maximum Gasteiger partial charge on any atom is 0.416 e. The molecule has 0 saturated carbocycles. The maximum atomic E-state index is 12.6. The number of aromatic nitrogens is 1. The first-order chi connectivity index (χ1) is 12.0. The summed E-state index contributed by atoms with van der Waals surface area (Å²) in [5.41, 5.74) is 0.468. The molecule has 25 heavy (non-hydrogen) atoms. The van der Waals surface area contributed by atoms with Crippen molar-refractivity contribution in [1.82, 2.24) is 15.1 Å². The Morgan fingerprint density at radius 1 is 1.16 bits per heavy atom. The highest BCUT2D eigenvalue weighted by Gasteiger charge is 2.30. The molecule has 1 aliphatic heterocycles. The number of rotatable bonds is 4. The summed E-state index contributed by atoms with van der Waals surface area (Å²) in [7, 11) is 0. The van der Waals surface area contributed by atoms with Crippen LogP contribution in [0.4, 0.5) is 13.2 Å². The molecule has 0 spiro atoms. The van der Waals surface area contributed by atoms with Crippen molar-refractivity contribution in [3.63, 3.8) is 0 Å². The lowest BCUT2D eigenvalue weighted by molar-refractivity contribution is -0.137. The molecule has 0 aliphatic carbocycles. The van der Waals surface area contributed by atoms with Crippen LogP contribution in [-0.2, 0) is 12.7 Å². The second kappa shape index (κ2) is 7.26. The number of hydrazone groups is 1. The van der Waals surface area contributed by atoms with E-state index in [0.29, 0.717) is 23.6 Å². The molecule has 1 aromatic heterocycles. The molecule has 134 valence electrons. The van der Waals surface area contributed by atoms with Gasteiger partial charge < -0.3 is 4.52 Å². The lowest BCUT2D eigenvalue weighted by atomic mass is 10.1. The van der Waals surface area contributed by atoms with E-state index in [2.05, 4.69) is 15.2 Å². The average Bonchev–Trinajstić information content (AvgIpc) is 3.05. The topological polar surface area (TPSA) is 44.9 Å². The van der Waals surface area contributed by atoms with Crippen molar-refractivity contribution in [3.05, 3.63) is 41.7 Å². The van der Waals surface area contributed by atoms with Crippen molar-refractivity contribution >= 4 is 6.21 Å². The van der Waals surface area contributed by atoms with Gasteiger partial charge in [0.1, 0.15) is 5.69 Å². The molecule has 0 radical (unpaired) electrons. The van der Waals surface area contributed by atoms with E-state index in [1.807, 2.05) is 11.9 Å². The Morgan fingerprint density at radius 2 is 1.84 bits per heavy atom. The Morgan fingerprint density at radius 3 is 2.44 bits per heavy atom. The van der Waals surface area contributed by atoms with Crippen LogP contribution in [0.25, 0.3) is 11.3 Å². The van der Waals surface area contributed by atoms with Crippen molar-refractivity contribution in [2.45, 2.75) is 19.6 Å². The first-order valence-corrected chi connectivity index (χ1v) is 8.05. The van der Waals surface area contributed by atoms with Crippen molar-refractivity contribution in [1.29, 1.82) is 0 Å².